The summed E-state index contributed by atoms with van der Waals surface area (Å²) < 4.78 is 0. The van der Waals surface area contributed by atoms with Crippen LogP contribution in [-0.2, 0) is 0 Å². The number of hydrogen-bond acceptors (Lipinski definition) is 2. The van der Waals surface area contributed by atoms with Crippen molar-refractivity contribution in [2.75, 3.05) is 13.1 Å². The Morgan fingerprint density at radius 3 is 2.08 bits per heavy atom. The minimum absolute atomic E-state index is 0.235. The van der Waals surface area contributed by atoms with E-state index in [1.54, 1.807) is 0 Å². The molecule has 0 bridgehead atoms. The topological polar surface area (TPSA) is 97.5 Å². The second-order valence-corrected chi connectivity index (χ2v) is 5.21. The van der Waals surface area contributed by atoms with Gasteiger partial charge in [0.05, 0.1) is 0 Å². The van der Waals surface area contributed by atoms with Crippen molar-refractivity contribution in [1.29, 1.82) is 0 Å². The minimum atomic E-state index is -0.235. The van der Waals surface area contributed by atoms with Gasteiger partial charge in [-0.25, -0.2) is 0 Å². The summed E-state index contributed by atoms with van der Waals surface area (Å²) in [5.41, 5.74) is 16.5. The molecule has 0 aliphatic heterocycles. The van der Waals surface area contributed by atoms with E-state index in [1.807, 2.05) is 0 Å². The predicted molar refractivity (Wildman–Crippen MR) is 50.8 cm³/mol. The Balaban J connectivity index is 3.83. The van der Waals surface area contributed by atoms with Crippen LogP contribution < -0.4 is 0 Å². The van der Waals surface area contributed by atoms with Gasteiger partial charge in [-0.05, 0) is 16.6 Å². The van der Waals surface area contributed by atoms with Crippen LogP contribution in [0.5, 0.6) is 0 Å². The van der Waals surface area contributed by atoms with E-state index in [0.717, 1.165) is 6.04 Å². The van der Waals surface area contributed by atoms with Gasteiger partial charge in [0, 0.05) is 32.4 Å². The van der Waals surface area contributed by atoms with Gasteiger partial charge in [0.15, 0.2) is 0 Å². The van der Waals surface area contributed by atoms with E-state index in [4.69, 9.17) is 11.1 Å². The lowest BCUT2D eigenvalue weighted by Gasteiger charge is -2.07. The molecule has 0 aromatic heterocycles. The molecule has 6 nitrogen and oxygen atoms in total. The van der Waals surface area contributed by atoms with Gasteiger partial charge >= 0.3 is 0 Å². The molecule has 0 aromatic rings. The molecule has 0 unspecified atom stereocenters. The highest BCUT2D eigenvalue weighted by Crippen LogP contribution is 2.06. The number of nitrogens with zero attached hydrogens (tertiary/aromatic N) is 6. The smallest absolute Gasteiger partial charge is 0.0258 e. The Labute approximate surface area is 73.0 Å². The lowest BCUT2D eigenvalue weighted by Crippen LogP contribution is -2.08. The molecule has 0 amide bonds. The van der Waals surface area contributed by atoms with Crippen molar-refractivity contribution >= 4 is 9.52 Å². The highest BCUT2D eigenvalue weighted by Gasteiger charge is 2.04. The van der Waals surface area contributed by atoms with E-state index in [1.165, 1.54) is 0 Å². The summed E-state index contributed by atoms with van der Waals surface area (Å²) in [6.45, 7) is 3.07. The first-order valence-electron chi connectivity index (χ1n) is 3.86. The van der Waals surface area contributed by atoms with Crippen LogP contribution in [0.1, 0.15) is 6.92 Å². The van der Waals surface area contributed by atoms with E-state index in [9.17, 15) is 0 Å². The third-order valence-corrected chi connectivity index (χ3v) is 3.41. The van der Waals surface area contributed by atoms with Crippen molar-refractivity contribution in [3.05, 3.63) is 20.9 Å². The zero-order chi connectivity index (χ0) is 9.23. The van der Waals surface area contributed by atoms with Crippen LogP contribution in [0.4, 0.5) is 0 Å². The maximum atomic E-state index is 8.08. The number of hydrogen-bond donors (Lipinski definition) is 0. The Bertz CT molecular complexity index is 184. The van der Waals surface area contributed by atoms with Crippen molar-refractivity contribution in [1.82, 2.24) is 0 Å². The van der Waals surface area contributed by atoms with Crippen molar-refractivity contribution in [3.8, 4) is 0 Å². The van der Waals surface area contributed by atoms with Crippen LogP contribution in [0.15, 0.2) is 10.2 Å². The zero-order valence-corrected chi connectivity index (χ0v) is 8.50. The monoisotopic (exact) mass is 184 g/mol. The lowest BCUT2D eigenvalue weighted by molar-refractivity contribution is 0.817. The van der Waals surface area contributed by atoms with Gasteiger partial charge in [-0.2, -0.15) is 0 Å². The molecule has 0 rings (SSSR count). The fraction of sp³-hybridized carbons (Fsp3) is 1.00. The molecule has 0 saturated carbocycles. The molecule has 0 N–H and O–H groups in total. The van der Waals surface area contributed by atoms with Crippen molar-refractivity contribution in [3.63, 3.8) is 0 Å². The molecule has 0 radical (unpaired) electrons. The SMILES string of the molecule is CC[SiH2]C(CN=[N+]=[N-])CN=[N+]=[N-]. The van der Waals surface area contributed by atoms with Crippen LogP contribution in [-0.4, -0.2) is 22.6 Å². The molecule has 0 fully saturated rings. The van der Waals surface area contributed by atoms with E-state index < -0.39 is 0 Å². The van der Waals surface area contributed by atoms with E-state index in [-0.39, 0.29) is 9.52 Å². The highest BCUT2D eigenvalue weighted by atomic mass is 28.2. The average molecular weight is 184 g/mol. The molecule has 0 heterocycles. The highest BCUT2D eigenvalue weighted by molar-refractivity contribution is 6.37. The van der Waals surface area contributed by atoms with Gasteiger partial charge in [0.1, 0.15) is 0 Å². The Kier molecular flexibility index (Phi) is 7.17. The molecule has 0 saturated heterocycles. The third-order valence-electron chi connectivity index (χ3n) is 1.50. The molecular weight excluding hydrogens is 172 g/mol. The number of rotatable bonds is 6. The second-order valence-electron chi connectivity index (χ2n) is 2.48. The van der Waals surface area contributed by atoms with Gasteiger partial charge in [-0.1, -0.05) is 23.2 Å². The van der Waals surface area contributed by atoms with Gasteiger partial charge < -0.3 is 0 Å². The minimum Gasteiger partial charge on any atom is -0.0940 e. The maximum Gasteiger partial charge on any atom is 0.0258 e. The Hall–Kier alpha value is -1.16. The fourth-order valence-corrected chi connectivity index (χ4v) is 2.37. The summed E-state index contributed by atoms with van der Waals surface area (Å²) in [6.07, 6.45) is 0. The van der Waals surface area contributed by atoms with Gasteiger partial charge in [-0.3, -0.25) is 0 Å². The first kappa shape index (κ1) is 10.8. The molecule has 12 heavy (non-hydrogen) atoms. The Morgan fingerprint density at radius 1 is 1.25 bits per heavy atom. The largest absolute Gasteiger partial charge is 0.0940 e. The van der Waals surface area contributed by atoms with Crippen LogP contribution in [0.3, 0.4) is 0 Å². The fourth-order valence-electron chi connectivity index (χ4n) is 0.953. The standard InChI is InChI=1S/C5H12N6Si/c1-2-12-5(3-8-10-6)4-9-11-7/h5H,2-4,12H2,1H3. The Morgan fingerprint density at radius 2 is 1.75 bits per heavy atom. The van der Waals surface area contributed by atoms with Crippen LogP contribution in [0, 0.1) is 0 Å². The van der Waals surface area contributed by atoms with Gasteiger partial charge in [0.25, 0.3) is 0 Å². The normalized spacial score (nSPS) is 12.1. The van der Waals surface area contributed by atoms with Crippen molar-refractivity contribution in [2.24, 2.45) is 10.2 Å². The zero-order valence-electron chi connectivity index (χ0n) is 7.09. The summed E-state index contributed by atoms with van der Waals surface area (Å²) in [7, 11) is -0.235. The molecule has 0 aliphatic carbocycles. The number of azide groups is 2. The van der Waals surface area contributed by atoms with E-state index >= 15 is 0 Å². The van der Waals surface area contributed by atoms with Gasteiger partial charge in [0.2, 0.25) is 0 Å². The summed E-state index contributed by atoms with van der Waals surface area (Å²) in [6, 6.07) is 1.15. The second kappa shape index (κ2) is 7.94. The lowest BCUT2D eigenvalue weighted by atomic mass is 10.4. The van der Waals surface area contributed by atoms with E-state index in [2.05, 4.69) is 27.0 Å². The van der Waals surface area contributed by atoms with E-state index in [0.29, 0.717) is 18.6 Å². The molecule has 0 aliphatic rings. The summed E-state index contributed by atoms with van der Waals surface area (Å²) in [5.74, 6) is 0. The summed E-state index contributed by atoms with van der Waals surface area (Å²) >= 11 is 0. The maximum absolute atomic E-state index is 8.08. The van der Waals surface area contributed by atoms with Crippen LogP contribution >= 0.6 is 0 Å². The predicted octanol–water partition coefficient (Wildman–Crippen LogP) is 2.00. The summed E-state index contributed by atoms with van der Waals surface area (Å²) in [5, 5.41) is 6.95. The first-order valence-corrected chi connectivity index (χ1v) is 5.68. The molecule has 66 valence electrons. The molecule has 0 aromatic carbocycles. The van der Waals surface area contributed by atoms with Crippen LogP contribution in [0.2, 0.25) is 11.6 Å². The first-order chi connectivity index (χ1) is 5.85. The van der Waals surface area contributed by atoms with Crippen molar-refractivity contribution in [2.45, 2.75) is 18.5 Å². The average Bonchev–Trinajstić information content (AvgIpc) is 2.10. The van der Waals surface area contributed by atoms with Gasteiger partial charge in [-0.15, -0.1) is 0 Å². The molecule has 0 atom stereocenters. The molecular formula is C5H12N6Si. The van der Waals surface area contributed by atoms with Crippen LogP contribution in [0.25, 0.3) is 20.9 Å². The van der Waals surface area contributed by atoms with Crippen molar-refractivity contribution < 1.29 is 0 Å². The molecule has 0 spiro atoms. The quantitative estimate of drug-likeness (QED) is 0.261. The summed E-state index contributed by atoms with van der Waals surface area (Å²) in [4.78, 5) is 5.36. The third kappa shape index (κ3) is 5.61. The molecule has 7 heteroatoms.